The van der Waals surface area contributed by atoms with E-state index in [-0.39, 0.29) is 0 Å². The van der Waals surface area contributed by atoms with Crippen LogP contribution in [0.1, 0.15) is 0 Å². The summed E-state index contributed by atoms with van der Waals surface area (Å²) in [5.41, 5.74) is 12.1. The largest absolute Gasteiger partial charge is 0.309 e. The Balaban J connectivity index is 1.32. The summed E-state index contributed by atoms with van der Waals surface area (Å²) in [5.74, 6) is 0. The van der Waals surface area contributed by atoms with E-state index in [0.29, 0.717) is 0 Å². The van der Waals surface area contributed by atoms with Gasteiger partial charge in [-0.05, 0) is 59.2 Å². The van der Waals surface area contributed by atoms with Gasteiger partial charge in [0.25, 0.3) is 0 Å². The smallest absolute Gasteiger partial charge is 0.0619 e. The summed E-state index contributed by atoms with van der Waals surface area (Å²) < 4.78 is 4.86. The second-order valence-corrected chi connectivity index (χ2v) is 11.4. The molecule has 0 spiro atoms. The first-order chi connectivity index (χ1) is 21.8. The second-order valence-electron chi connectivity index (χ2n) is 11.4. The van der Waals surface area contributed by atoms with Gasteiger partial charge in [0.2, 0.25) is 0 Å². The molecule has 2 nitrogen and oxygen atoms in total. The van der Waals surface area contributed by atoms with E-state index >= 15 is 0 Å². The zero-order valence-corrected chi connectivity index (χ0v) is 24.1. The van der Waals surface area contributed by atoms with Crippen molar-refractivity contribution in [2.75, 3.05) is 0 Å². The Labute approximate surface area is 255 Å². The van der Waals surface area contributed by atoms with Crippen molar-refractivity contribution in [2.45, 2.75) is 0 Å². The lowest BCUT2D eigenvalue weighted by Gasteiger charge is -2.13. The number of aromatic nitrogens is 2. The van der Waals surface area contributed by atoms with Gasteiger partial charge >= 0.3 is 0 Å². The first-order valence-electron chi connectivity index (χ1n) is 15.1. The van der Waals surface area contributed by atoms with Crippen molar-refractivity contribution in [1.29, 1.82) is 0 Å². The minimum atomic E-state index is 1.16. The molecule has 0 amide bonds. The van der Waals surface area contributed by atoms with Crippen LogP contribution in [-0.4, -0.2) is 9.13 Å². The van der Waals surface area contributed by atoms with Gasteiger partial charge in [0.1, 0.15) is 0 Å². The van der Waals surface area contributed by atoms with E-state index in [1.807, 2.05) is 0 Å². The fourth-order valence-electron chi connectivity index (χ4n) is 6.97. The van der Waals surface area contributed by atoms with E-state index in [9.17, 15) is 0 Å². The standard InChI is InChI=1S/C42H28N2/c1-3-13-29(14-4-1)31-17-11-18-32(27-31)43-39-23-9-8-20-36(39)38-28-33(25-26-41(38)43)44-40-24-10-7-19-35(40)37-22-12-21-34(42(37)44)30-15-5-2-6-16-30/h1-28H. The summed E-state index contributed by atoms with van der Waals surface area (Å²) in [6, 6.07) is 61.4. The number of fused-ring (bicyclic) bond motifs is 6. The number of para-hydroxylation sites is 3. The number of hydrogen-bond donors (Lipinski definition) is 0. The van der Waals surface area contributed by atoms with Gasteiger partial charge in [-0.15, -0.1) is 0 Å². The molecule has 0 radical (unpaired) electrons. The maximum absolute atomic E-state index is 2.45. The first kappa shape index (κ1) is 24.7. The normalized spacial score (nSPS) is 11.6. The van der Waals surface area contributed by atoms with E-state index in [1.165, 1.54) is 65.9 Å². The summed E-state index contributed by atoms with van der Waals surface area (Å²) in [5, 5.41) is 5.02. The summed E-state index contributed by atoms with van der Waals surface area (Å²) in [6.07, 6.45) is 0. The van der Waals surface area contributed by atoms with Crippen LogP contribution in [0.5, 0.6) is 0 Å². The Hall–Kier alpha value is -5.86. The van der Waals surface area contributed by atoms with Gasteiger partial charge in [0.15, 0.2) is 0 Å². The Kier molecular flexibility index (Phi) is 5.54. The van der Waals surface area contributed by atoms with Crippen molar-refractivity contribution in [1.82, 2.24) is 9.13 Å². The van der Waals surface area contributed by atoms with Crippen LogP contribution >= 0.6 is 0 Å². The topological polar surface area (TPSA) is 9.86 Å². The van der Waals surface area contributed by atoms with E-state index in [4.69, 9.17) is 0 Å². The lowest BCUT2D eigenvalue weighted by Crippen LogP contribution is -1.97. The maximum atomic E-state index is 2.45. The third-order valence-electron chi connectivity index (χ3n) is 8.91. The van der Waals surface area contributed by atoms with Crippen LogP contribution in [0.15, 0.2) is 170 Å². The maximum Gasteiger partial charge on any atom is 0.0619 e. The lowest BCUT2D eigenvalue weighted by molar-refractivity contribution is 1.17. The number of benzene rings is 7. The number of hydrogen-bond acceptors (Lipinski definition) is 0. The van der Waals surface area contributed by atoms with Gasteiger partial charge in [-0.2, -0.15) is 0 Å². The summed E-state index contributed by atoms with van der Waals surface area (Å²) in [7, 11) is 0. The molecular weight excluding hydrogens is 532 g/mol. The van der Waals surface area contributed by atoms with Crippen molar-refractivity contribution in [3.63, 3.8) is 0 Å². The highest BCUT2D eigenvalue weighted by molar-refractivity contribution is 6.15. The Bertz CT molecular complexity index is 2480. The van der Waals surface area contributed by atoms with Gasteiger partial charge in [-0.1, -0.05) is 127 Å². The van der Waals surface area contributed by atoms with Crippen LogP contribution in [-0.2, 0) is 0 Å². The molecule has 0 aliphatic carbocycles. The molecule has 0 saturated carbocycles. The van der Waals surface area contributed by atoms with Crippen LogP contribution in [0.25, 0.3) is 77.2 Å². The van der Waals surface area contributed by atoms with Crippen LogP contribution < -0.4 is 0 Å². The van der Waals surface area contributed by atoms with E-state index < -0.39 is 0 Å². The molecule has 44 heavy (non-hydrogen) atoms. The molecule has 9 aromatic rings. The molecular formula is C42H28N2. The van der Waals surface area contributed by atoms with E-state index in [1.54, 1.807) is 0 Å². The van der Waals surface area contributed by atoms with Crippen molar-refractivity contribution in [3.05, 3.63) is 170 Å². The van der Waals surface area contributed by atoms with Crippen molar-refractivity contribution < 1.29 is 0 Å². The Morgan fingerprint density at radius 3 is 1.61 bits per heavy atom. The fraction of sp³-hybridized carbons (Fsp3) is 0. The molecule has 0 fully saturated rings. The molecule has 0 aliphatic rings. The van der Waals surface area contributed by atoms with E-state index in [2.05, 4.69) is 179 Å². The predicted molar refractivity (Wildman–Crippen MR) is 186 cm³/mol. The molecule has 0 unspecified atom stereocenters. The molecule has 0 bridgehead atoms. The SMILES string of the molecule is c1ccc(-c2cccc(-n3c4ccccc4c4cc(-n5c6ccccc6c6cccc(-c7ccccc7)c65)ccc43)c2)cc1. The van der Waals surface area contributed by atoms with Gasteiger partial charge < -0.3 is 9.13 Å². The van der Waals surface area contributed by atoms with E-state index in [0.717, 1.165) is 11.4 Å². The molecule has 206 valence electrons. The van der Waals surface area contributed by atoms with Crippen molar-refractivity contribution >= 4 is 43.6 Å². The monoisotopic (exact) mass is 560 g/mol. The highest BCUT2D eigenvalue weighted by atomic mass is 15.0. The molecule has 7 aromatic carbocycles. The third-order valence-corrected chi connectivity index (χ3v) is 8.91. The second kappa shape index (κ2) is 9.86. The van der Waals surface area contributed by atoms with Crippen LogP contribution in [0.4, 0.5) is 0 Å². The predicted octanol–water partition coefficient (Wildman–Crippen LogP) is 11.2. The molecule has 9 rings (SSSR count). The molecule has 0 N–H and O–H groups in total. The Morgan fingerprint density at radius 2 is 0.841 bits per heavy atom. The minimum absolute atomic E-state index is 1.16. The first-order valence-corrected chi connectivity index (χ1v) is 15.1. The molecule has 0 saturated heterocycles. The van der Waals surface area contributed by atoms with Crippen LogP contribution in [0.3, 0.4) is 0 Å². The summed E-state index contributed by atoms with van der Waals surface area (Å²) in [6.45, 7) is 0. The summed E-state index contributed by atoms with van der Waals surface area (Å²) in [4.78, 5) is 0. The fourth-order valence-corrected chi connectivity index (χ4v) is 6.97. The summed E-state index contributed by atoms with van der Waals surface area (Å²) >= 11 is 0. The lowest BCUT2D eigenvalue weighted by atomic mass is 10.0. The third kappa shape index (κ3) is 3.75. The van der Waals surface area contributed by atoms with Gasteiger partial charge in [-0.3, -0.25) is 0 Å². The number of rotatable bonds is 4. The van der Waals surface area contributed by atoms with Crippen LogP contribution in [0.2, 0.25) is 0 Å². The molecule has 0 atom stereocenters. The molecule has 0 aliphatic heterocycles. The van der Waals surface area contributed by atoms with Crippen molar-refractivity contribution in [2.24, 2.45) is 0 Å². The zero-order valence-electron chi connectivity index (χ0n) is 24.1. The minimum Gasteiger partial charge on any atom is -0.309 e. The highest BCUT2D eigenvalue weighted by Gasteiger charge is 2.18. The zero-order chi connectivity index (χ0) is 29.0. The van der Waals surface area contributed by atoms with Gasteiger partial charge in [0.05, 0.1) is 22.1 Å². The van der Waals surface area contributed by atoms with Crippen LogP contribution in [0, 0.1) is 0 Å². The number of nitrogens with zero attached hydrogens (tertiary/aromatic N) is 2. The quantitative estimate of drug-likeness (QED) is 0.203. The average molecular weight is 561 g/mol. The van der Waals surface area contributed by atoms with Gasteiger partial charge in [0, 0.05) is 38.5 Å². The molecule has 2 aromatic heterocycles. The highest BCUT2D eigenvalue weighted by Crippen LogP contribution is 2.40. The Morgan fingerprint density at radius 1 is 0.295 bits per heavy atom. The van der Waals surface area contributed by atoms with Gasteiger partial charge in [-0.25, -0.2) is 0 Å². The average Bonchev–Trinajstić information content (AvgIpc) is 3.62. The van der Waals surface area contributed by atoms with Crippen molar-refractivity contribution in [3.8, 4) is 33.6 Å². The molecule has 2 heteroatoms. The molecule has 2 heterocycles.